The van der Waals surface area contributed by atoms with Crippen LogP contribution in [0, 0.1) is 13.8 Å². The van der Waals surface area contributed by atoms with Crippen LogP contribution in [-0.4, -0.2) is 23.1 Å². The summed E-state index contributed by atoms with van der Waals surface area (Å²) in [6, 6.07) is 9.36. The molecule has 0 aliphatic carbocycles. The molecule has 0 amide bonds. The van der Waals surface area contributed by atoms with Crippen LogP contribution in [-0.2, 0) is 0 Å². The van der Waals surface area contributed by atoms with E-state index in [1.54, 1.807) is 12.1 Å². The molecular formula is C15H15ClN2O2. The fourth-order valence-corrected chi connectivity index (χ4v) is 2.23. The number of carboxylic acids is 1. The number of rotatable bonds is 3. The van der Waals surface area contributed by atoms with E-state index in [1.807, 2.05) is 37.9 Å². The first-order valence-corrected chi connectivity index (χ1v) is 6.48. The molecule has 0 aliphatic rings. The standard InChI is InChI=1S/C15H15ClN2O2/c1-9-6-10(2)8-11(7-9)18(3)13-5-4-12(16)14(17-13)15(19)20/h4-8H,1-3H3,(H,19,20). The van der Waals surface area contributed by atoms with Gasteiger partial charge in [0.1, 0.15) is 5.82 Å². The molecule has 0 aliphatic heterocycles. The third-order valence-corrected chi connectivity index (χ3v) is 3.28. The molecule has 0 saturated heterocycles. The molecule has 0 atom stereocenters. The smallest absolute Gasteiger partial charge is 0.356 e. The molecule has 0 radical (unpaired) electrons. The van der Waals surface area contributed by atoms with E-state index < -0.39 is 5.97 Å². The molecule has 0 fully saturated rings. The molecule has 1 aromatic heterocycles. The maximum Gasteiger partial charge on any atom is 0.356 e. The Balaban J connectivity index is 2.45. The van der Waals surface area contributed by atoms with Crippen LogP contribution in [0.1, 0.15) is 21.6 Å². The van der Waals surface area contributed by atoms with Gasteiger partial charge in [-0.15, -0.1) is 0 Å². The lowest BCUT2D eigenvalue weighted by Crippen LogP contribution is -2.14. The van der Waals surface area contributed by atoms with Gasteiger partial charge < -0.3 is 10.0 Å². The summed E-state index contributed by atoms with van der Waals surface area (Å²) in [4.78, 5) is 17.0. The van der Waals surface area contributed by atoms with E-state index in [2.05, 4.69) is 11.1 Å². The number of halogens is 1. The Bertz CT molecular complexity index is 651. The number of nitrogens with zero attached hydrogens (tertiary/aromatic N) is 2. The van der Waals surface area contributed by atoms with Crippen molar-refractivity contribution in [1.29, 1.82) is 0 Å². The highest BCUT2D eigenvalue weighted by atomic mass is 35.5. The van der Waals surface area contributed by atoms with Crippen LogP contribution in [0.3, 0.4) is 0 Å². The number of aromatic carboxylic acids is 1. The minimum Gasteiger partial charge on any atom is -0.476 e. The van der Waals surface area contributed by atoms with Gasteiger partial charge in [0, 0.05) is 12.7 Å². The van der Waals surface area contributed by atoms with E-state index in [0.717, 1.165) is 16.8 Å². The van der Waals surface area contributed by atoms with Gasteiger partial charge >= 0.3 is 5.97 Å². The van der Waals surface area contributed by atoms with E-state index in [0.29, 0.717) is 5.82 Å². The van der Waals surface area contributed by atoms with E-state index in [-0.39, 0.29) is 10.7 Å². The summed E-state index contributed by atoms with van der Waals surface area (Å²) in [5, 5.41) is 9.20. The molecule has 1 N–H and O–H groups in total. The second-order valence-corrected chi connectivity index (χ2v) is 5.12. The lowest BCUT2D eigenvalue weighted by molar-refractivity contribution is 0.0691. The van der Waals surface area contributed by atoms with Crippen LogP contribution in [0.5, 0.6) is 0 Å². The van der Waals surface area contributed by atoms with E-state index in [9.17, 15) is 4.79 Å². The number of aryl methyl sites for hydroxylation is 2. The fourth-order valence-electron chi connectivity index (χ4n) is 2.05. The van der Waals surface area contributed by atoms with Crippen molar-refractivity contribution in [2.75, 3.05) is 11.9 Å². The van der Waals surface area contributed by atoms with Crippen molar-refractivity contribution >= 4 is 29.1 Å². The third-order valence-electron chi connectivity index (χ3n) is 2.97. The Labute approximate surface area is 122 Å². The predicted octanol–water partition coefficient (Wildman–Crippen LogP) is 3.82. The van der Waals surface area contributed by atoms with Crippen LogP contribution in [0.4, 0.5) is 11.5 Å². The highest BCUT2D eigenvalue weighted by Crippen LogP contribution is 2.26. The van der Waals surface area contributed by atoms with E-state index in [1.165, 1.54) is 0 Å². The minimum absolute atomic E-state index is 0.134. The lowest BCUT2D eigenvalue weighted by Gasteiger charge is -2.20. The molecule has 2 rings (SSSR count). The normalized spacial score (nSPS) is 10.4. The zero-order valence-electron chi connectivity index (χ0n) is 11.5. The minimum atomic E-state index is -1.13. The Kier molecular flexibility index (Phi) is 3.95. The Morgan fingerprint density at radius 3 is 2.35 bits per heavy atom. The van der Waals surface area contributed by atoms with Crippen LogP contribution in [0.25, 0.3) is 0 Å². The summed E-state index contributed by atoms with van der Waals surface area (Å²) in [7, 11) is 1.84. The van der Waals surface area contributed by atoms with Crippen LogP contribution in [0.15, 0.2) is 30.3 Å². The Morgan fingerprint density at radius 2 is 1.80 bits per heavy atom. The number of hydrogen-bond acceptors (Lipinski definition) is 3. The van der Waals surface area contributed by atoms with Gasteiger partial charge in [-0.3, -0.25) is 0 Å². The van der Waals surface area contributed by atoms with Crippen LogP contribution >= 0.6 is 11.6 Å². The summed E-state index contributed by atoms with van der Waals surface area (Å²) in [5.41, 5.74) is 3.09. The number of carbonyl (C=O) groups is 1. The first-order valence-electron chi connectivity index (χ1n) is 6.10. The third kappa shape index (κ3) is 2.91. The maximum absolute atomic E-state index is 11.1. The highest BCUT2D eigenvalue weighted by Gasteiger charge is 2.14. The van der Waals surface area contributed by atoms with Crippen LogP contribution in [0.2, 0.25) is 5.02 Å². The monoisotopic (exact) mass is 290 g/mol. The predicted molar refractivity (Wildman–Crippen MR) is 80.2 cm³/mol. The highest BCUT2D eigenvalue weighted by molar-refractivity contribution is 6.33. The van der Waals surface area contributed by atoms with Gasteiger partial charge in [0.2, 0.25) is 0 Å². The summed E-state index contributed by atoms with van der Waals surface area (Å²) in [5.74, 6) is -0.595. The number of hydrogen-bond donors (Lipinski definition) is 1. The van der Waals surface area contributed by atoms with Gasteiger partial charge in [-0.2, -0.15) is 0 Å². The molecule has 0 bridgehead atoms. The van der Waals surface area contributed by atoms with E-state index >= 15 is 0 Å². The summed E-state index contributed by atoms with van der Waals surface area (Å²) in [6.07, 6.45) is 0. The second kappa shape index (κ2) is 5.51. The quantitative estimate of drug-likeness (QED) is 0.934. The first-order chi connectivity index (χ1) is 9.38. The average molecular weight is 291 g/mol. The van der Waals surface area contributed by atoms with Gasteiger partial charge in [-0.05, 0) is 49.2 Å². The van der Waals surface area contributed by atoms with Gasteiger partial charge in [0.15, 0.2) is 5.69 Å². The summed E-state index contributed by atoms with van der Waals surface area (Å²) in [6.45, 7) is 4.03. The lowest BCUT2D eigenvalue weighted by atomic mass is 10.1. The fraction of sp³-hybridized carbons (Fsp3) is 0.200. The summed E-state index contributed by atoms with van der Waals surface area (Å²) >= 11 is 5.83. The number of anilines is 2. The molecule has 5 heteroatoms. The number of carboxylic acid groups (broad SMARTS) is 1. The summed E-state index contributed by atoms with van der Waals surface area (Å²) < 4.78 is 0. The average Bonchev–Trinajstić information content (AvgIpc) is 2.37. The molecule has 1 aromatic carbocycles. The molecule has 20 heavy (non-hydrogen) atoms. The molecule has 104 valence electrons. The zero-order chi connectivity index (χ0) is 14.9. The second-order valence-electron chi connectivity index (χ2n) is 4.71. The van der Waals surface area contributed by atoms with Crippen molar-refractivity contribution in [3.8, 4) is 0 Å². The topological polar surface area (TPSA) is 53.4 Å². The van der Waals surface area contributed by atoms with Gasteiger partial charge in [0.25, 0.3) is 0 Å². The van der Waals surface area contributed by atoms with Gasteiger partial charge in [0.05, 0.1) is 5.02 Å². The van der Waals surface area contributed by atoms with Gasteiger partial charge in [-0.1, -0.05) is 17.7 Å². The molecule has 2 aromatic rings. The zero-order valence-corrected chi connectivity index (χ0v) is 12.3. The van der Waals surface area contributed by atoms with Crippen molar-refractivity contribution in [2.24, 2.45) is 0 Å². The van der Waals surface area contributed by atoms with Crippen molar-refractivity contribution in [3.63, 3.8) is 0 Å². The number of aromatic nitrogens is 1. The Morgan fingerprint density at radius 1 is 1.20 bits per heavy atom. The van der Waals surface area contributed by atoms with Crippen LogP contribution < -0.4 is 4.90 Å². The SMILES string of the molecule is Cc1cc(C)cc(N(C)c2ccc(Cl)c(C(=O)O)n2)c1. The van der Waals surface area contributed by atoms with E-state index in [4.69, 9.17) is 16.7 Å². The number of pyridine rings is 1. The number of benzene rings is 1. The first kappa shape index (κ1) is 14.3. The van der Waals surface area contributed by atoms with Crippen molar-refractivity contribution in [3.05, 3.63) is 52.2 Å². The molecule has 0 unspecified atom stereocenters. The molecule has 1 heterocycles. The van der Waals surface area contributed by atoms with Crippen molar-refractivity contribution in [1.82, 2.24) is 4.98 Å². The molecular weight excluding hydrogens is 276 g/mol. The van der Waals surface area contributed by atoms with Crippen molar-refractivity contribution in [2.45, 2.75) is 13.8 Å². The maximum atomic E-state index is 11.1. The van der Waals surface area contributed by atoms with Gasteiger partial charge in [-0.25, -0.2) is 9.78 Å². The molecule has 0 spiro atoms. The molecule has 4 nitrogen and oxygen atoms in total. The Hall–Kier alpha value is -2.07. The van der Waals surface area contributed by atoms with Crippen molar-refractivity contribution < 1.29 is 9.90 Å². The largest absolute Gasteiger partial charge is 0.476 e. The molecule has 0 saturated carbocycles.